The Kier molecular flexibility index (Phi) is 4.47. The molecule has 0 bridgehead atoms. The molecule has 86 valence electrons. The number of likely N-dealkylation sites (tertiary alicyclic amines) is 1. The Morgan fingerprint density at radius 3 is 2.07 bits per heavy atom. The van der Waals surface area contributed by atoms with Gasteiger partial charge in [-0.1, -0.05) is 0 Å². The van der Waals surface area contributed by atoms with Crippen LogP contribution in [0.5, 0.6) is 0 Å². The minimum Gasteiger partial charge on any atom is -0.301 e. The number of thioether (sulfide) groups is 1. The van der Waals surface area contributed by atoms with Gasteiger partial charge in [0.1, 0.15) is 5.78 Å². The van der Waals surface area contributed by atoms with E-state index < -0.39 is 0 Å². The average Bonchev–Trinajstić information content (AvgIpc) is 2.30. The van der Waals surface area contributed by atoms with Crippen LogP contribution in [0.15, 0.2) is 0 Å². The lowest BCUT2D eigenvalue weighted by Crippen LogP contribution is -2.42. The first kappa shape index (κ1) is 11.4. The molecule has 0 spiro atoms. The molecule has 0 N–H and O–H groups in total. The predicted molar refractivity (Wildman–Crippen MR) is 64.4 cm³/mol. The Balaban J connectivity index is 1.62. The molecule has 2 aliphatic heterocycles. The van der Waals surface area contributed by atoms with E-state index in [9.17, 15) is 4.79 Å². The van der Waals surface area contributed by atoms with Gasteiger partial charge >= 0.3 is 0 Å². The third kappa shape index (κ3) is 3.78. The fourth-order valence-electron chi connectivity index (χ4n) is 2.13. The number of hydrogen-bond donors (Lipinski definition) is 0. The molecular weight excluding hydrogens is 208 g/mol. The first-order valence-electron chi connectivity index (χ1n) is 5.89. The van der Waals surface area contributed by atoms with E-state index in [0.29, 0.717) is 5.78 Å². The number of hydrogen-bond acceptors (Lipinski definition) is 4. The quantitative estimate of drug-likeness (QED) is 0.709. The molecule has 0 unspecified atom stereocenters. The first-order chi connectivity index (χ1) is 7.34. The average molecular weight is 228 g/mol. The van der Waals surface area contributed by atoms with Gasteiger partial charge < -0.3 is 9.80 Å². The van der Waals surface area contributed by atoms with Gasteiger partial charge in [-0.2, -0.15) is 11.8 Å². The molecule has 0 aliphatic carbocycles. The number of Topliss-reactive ketones (excluding diaryl/α,β-unsaturated/α-hetero) is 1. The molecule has 2 fully saturated rings. The summed E-state index contributed by atoms with van der Waals surface area (Å²) in [5.74, 6) is 3.03. The summed E-state index contributed by atoms with van der Waals surface area (Å²) < 4.78 is 0. The Morgan fingerprint density at radius 1 is 0.933 bits per heavy atom. The molecule has 0 aromatic carbocycles. The molecule has 3 nitrogen and oxygen atoms in total. The molecule has 4 heteroatoms. The van der Waals surface area contributed by atoms with Crippen molar-refractivity contribution in [3.8, 4) is 0 Å². The highest BCUT2D eigenvalue weighted by Crippen LogP contribution is 2.10. The maximum Gasteiger partial charge on any atom is 0.135 e. The van der Waals surface area contributed by atoms with Crippen molar-refractivity contribution in [1.82, 2.24) is 9.80 Å². The van der Waals surface area contributed by atoms with Crippen LogP contribution in [0.3, 0.4) is 0 Å². The van der Waals surface area contributed by atoms with Crippen LogP contribution in [-0.4, -0.2) is 66.4 Å². The summed E-state index contributed by atoms with van der Waals surface area (Å²) in [5.41, 5.74) is 0. The number of ketones is 1. The van der Waals surface area contributed by atoms with Gasteiger partial charge in [-0.05, 0) is 0 Å². The fourth-order valence-corrected chi connectivity index (χ4v) is 3.11. The number of rotatable bonds is 3. The lowest BCUT2D eigenvalue weighted by Gasteiger charge is -2.31. The van der Waals surface area contributed by atoms with Gasteiger partial charge in [0, 0.05) is 63.6 Å². The van der Waals surface area contributed by atoms with Gasteiger partial charge in [0.25, 0.3) is 0 Å². The van der Waals surface area contributed by atoms with Crippen LogP contribution in [0.1, 0.15) is 12.8 Å². The summed E-state index contributed by atoms with van der Waals surface area (Å²) in [6.07, 6.45) is 1.55. The van der Waals surface area contributed by atoms with Gasteiger partial charge in [-0.25, -0.2) is 0 Å². The standard InChI is InChI=1S/C11H20N2OS/c14-11-1-3-12(4-2-11)5-6-13-7-9-15-10-8-13/h1-10H2. The highest BCUT2D eigenvalue weighted by Gasteiger charge is 2.17. The van der Waals surface area contributed by atoms with Crippen LogP contribution in [0.25, 0.3) is 0 Å². The normalized spacial score (nSPS) is 25.7. The van der Waals surface area contributed by atoms with Crippen LogP contribution in [0.2, 0.25) is 0 Å². The SMILES string of the molecule is O=C1CCN(CCN2CCSCC2)CC1. The summed E-state index contributed by atoms with van der Waals surface area (Å²) in [5, 5.41) is 0. The zero-order valence-electron chi connectivity index (χ0n) is 9.28. The Labute approximate surface area is 96.2 Å². The summed E-state index contributed by atoms with van der Waals surface area (Å²) in [6, 6.07) is 0. The van der Waals surface area contributed by atoms with E-state index in [1.165, 1.54) is 31.1 Å². The van der Waals surface area contributed by atoms with Gasteiger partial charge in [0.05, 0.1) is 0 Å². The van der Waals surface area contributed by atoms with Crippen LogP contribution in [0, 0.1) is 0 Å². The van der Waals surface area contributed by atoms with Crippen LogP contribution in [0.4, 0.5) is 0 Å². The van der Waals surface area contributed by atoms with E-state index in [-0.39, 0.29) is 0 Å². The smallest absolute Gasteiger partial charge is 0.135 e. The molecule has 0 atom stereocenters. The monoisotopic (exact) mass is 228 g/mol. The third-order valence-electron chi connectivity index (χ3n) is 3.25. The van der Waals surface area contributed by atoms with E-state index in [4.69, 9.17) is 0 Å². The second-order valence-corrected chi connectivity index (χ2v) is 5.56. The number of carbonyl (C=O) groups is 1. The lowest BCUT2D eigenvalue weighted by molar-refractivity contribution is -0.121. The molecule has 2 rings (SSSR count). The zero-order valence-corrected chi connectivity index (χ0v) is 10.1. The number of carbonyl (C=O) groups excluding carboxylic acids is 1. The highest BCUT2D eigenvalue weighted by atomic mass is 32.2. The van der Waals surface area contributed by atoms with Crippen molar-refractivity contribution >= 4 is 17.5 Å². The van der Waals surface area contributed by atoms with Crippen molar-refractivity contribution in [1.29, 1.82) is 0 Å². The first-order valence-corrected chi connectivity index (χ1v) is 7.04. The van der Waals surface area contributed by atoms with Crippen molar-refractivity contribution in [3.05, 3.63) is 0 Å². The second kappa shape index (κ2) is 5.87. The van der Waals surface area contributed by atoms with Crippen LogP contribution < -0.4 is 0 Å². The van der Waals surface area contributed by atoms with E-state index in [1.807, 2.05) is 0 Å². The molecule has 0 saturated carbocycles. The van der Waals surface area contributed by atoms with Crippen molar-refractivity contribution in [3.63, 3.8) is 0 Å². The summed E-state index contributed by atoms with van der Waals surface area (Å²) in [6.45, 7) is 6.81. The van der Waals surface area contributed by atoms with Crippen molar-refractivity contribution in [2.24, 2.45) is 0 Å². The molecule has 0 aromatic heterocycles. The lowest BCUT2D eigenvalue weighted by atomic mass is 10.1. The molecule has 0 radical (unpaired) electrons. The highest BCUT2D eigenvalue weighted by molar-refractivity contribution is 7.99. The minimum absolute atomic E-state index is 0.445. The predicted octanol–water partition coefficient (Wildman–Crippen LogP) is 0.700. The molecule has 15 heavy (non-hydrogen) atoms. The minimum atomic E-state index is 0.445. The largest absolute Gasteiger partial charge is 0.301 e. The van der Waals surface area contributed by atoms with Crippen molar-refractivity contribution in [2.75, 3.05) is 50.8 Å². The van der Waals surface area contributed by atoms with Crippen LogP contribution in [-0.2, 0) is 4.79 Å². The molecule has 2 saturated heterocycles. The summed E-state index contributed by atoms with van der Waals surface area (Å²) >= 11 is 2.06. The molecule has 0 amide bonds. The van der Waals surface area contributed by atoms with Gasteiger partial charge in [-0.3, -0.25) is 4.79 Å². The van der Waals surface area contributed by atoms with E-state index in [1.54, 1.807) is 0 Å². The summed E-state index contributed by atoms with van der Waals surface area (Å²) in [7, 11) is 0. The zero-order chi connectivity index (χ0) is 10.5. The van der Waals surface area contributed by atoms with E-state index in [2.05, 4.69) is 21.6 Å². The van der Waals surface area contributed by atoms with E-state index >= 15 is 0 Å². The van der Waals surface area contributed by atoms with Crippen molar-refractivity contribution in [2.45, 2.75) is 12.8 Å². The number of piperidine rings is 1. The maximum absolute atomic E-state index is 11.1. The molecule has 2 aliphatic rings. The fraction of sp³-hybridized carbons (Fsp3) is 0.909. The second-order valence-electron chi connectivity index (χ2n) is 4.33. The Morgan fingerprint density at radius 2 is 1.47 bits per heavy atom. The Hall–Kier alpha value is -0.0600. The molecular formula is C11H20N2OS. The van der Waals surface area contributed by atoms with E-state index in [0.717, 1.165) is 32.5 Å². The van der Waals surface area contributed by atoms with Crippen molar-refractivity contribution < 1.29 is 4.79 Å². The topological polar surface area (TPSA) is 23.6 Å². The maximum atomic E-state index is 11.1. The van der Waals surface area contributed by atoms with Crippen LogP contribution >= 0.6 is 11.8 Å². The van der Waals surface area contributed by atoms with Gasteiger partial charge in [-0.15, -0.1) is 0 Å². The van der Waals surface area contributed by atoms with Gasteiger partial charge in [0.15, 0.2) is 0 Å². The number of nitrogens with zero attached hydrogens (tertiary/aromatic N) is 2. The Bertz CT molecular complexity index is 207. The van der Waals surface area contributed by atoms with Gasteiger partial charge in [0.2, 0.25) is 0 Å². The summed E-state index contributed by atoms with van der Waals surface area (Å²) in [4.78, 5) is 16.1. The third-order valence-corrected chi connectivity index (χ3v) is 4.19. The molecule has 2 heterocycles. The molecule has 0 aromatic rings.